The van der Waals surface area contributed by atoms with Gasteiger partial charge in [-0.3, -0.25) is 0 Å². The second-order valence-electron chi connectivity index (χ2n) is 6.44. The van der Waals surface area contributed by atoms with E-state index in [4.69, 9.17) is 4.74 Å². The summed E-state index contributed by atoms with van der Waals surface area (Å²) in [7, 11) is 0. The molecule has 1 aliphatic rings. The monoisotopic (exact) mass is 229 g/mol. The van der Waals surface area contributed by atoms with Crippen molar-refractivity contribution >= 4 is 0 Å². The van der Waals surface area contributed by atoms with E-state index < -0.39 is 0 Å². The molecule has 1 atom stereocenters. The van der Waals surface area contributed by atoms with Gasteiger partial charge in [-0.2, -0.15) is 0 Å². The van der Waals surface area contributed by atoms with E-state index in [-0.39, 0.29) is 11.5 Å². The van der Waals surface area contributed by atoms with Gasteiger partial charge in [-0.05, 0) is 23.7 Å². The van der Waals surface area contributed by atoms with Crippen molar-refractivity contribution in [1.29, 1.82) is 0 Å². The third-order valence-electron chi connectivity index (χ3n) is 3.59. The predicted molar refractivity (Wildman–Crippen MR) is 66.5 cm³/mol. The molecule has 1 saturated heterocycles. The summed E-state index contributed by atoms with van der Waals surface area (Å²) in [5.41, 5.74) is 0.305. The van der Waals surface area contributed by atoms with Crippen LogP contribution < -0.4 is 5.32 Å². The first kappa shape index (κ1) is 13.9. The number of aliphatic hydroxyl groups is 1. The van der Waals surface area contributed by atoms with Crippen LogP contribution in [0, 0.1) is 10.8 Å². The van der Waals surface area contributed by atoms with Gasteiger partial charge in [-0.1, -0.05) is 27.7 Å². The van der Waals surface area contributed by atoms with Crippen LogP contribution >= 0.6 is 0 Å². The Morgan fingerprint density at radius 3 is 2.38 bits per heavy atom. The van der Waals surface area contributed by atoms with Crippen molar-refractivity contribution in [3.63, 3.8) is 0 Å². The highest BCUT2D eigenvalue weighted by atomic mass is 16.5. The van der Waals surface area contributed by atoms with Gasteiger partial charge in [0.2, 0.25) is 0 Å². The van der Waals surface area contributed by atoms with Crippen molar-refractivity contribution in [3.8, 4) is 0 Å². The van der Waals surface area contributed by atoms with Gasteiger partial charge in [-0.25, -0.2) is 0 Å². The van der Waals surface area contributed by atoms with Crippen LogP contribution in [-0.4, -0.2) is 37.5 Å². The molecule has 96 valence electrons. The molecule has 0 aromatic rings. The zero-order chi connectivity index (χ0) is 12.2. The number of hydrogen-bond donors (Lipinski definition) is 2. The zero-order valence-electron chi connectivity index (χ0n) is 11.2. The highest BCUT2D eigenvalue weighted by Crippen LogP contribution is 2.28. The molecule has 0 radical (unpaired) electrons. The van der Waals surface area contributed by atoms with Crippen molar-refractivity contribution in [3.05, 3.63) is 0 Å². The van der Waals surface area contributed by atoms with Crippen LogP contribution in [0.5, 0.6) is 0 Å². The van der Waals surface area contributed by atoms with Crippen LogP contribution in [0.25, 0.3) is 0 Å². The summed E-state index contributed by atoms with van der Waals surface area (Å²) in [6.45, 7) is 11.9. The molecule has 0 amide bonds. The van der Waals surface area contributed by atoms with Gasteiger partial charge in [-0.15, -0.1) is 0 Å². The summed E-state index contributed by atoms with van der Waals surface area (Å²) in [5, 5.41) is 13.3. The third kappa shape index (κ3) is 4.40. The molecule has 16 heavy (non-hydrogen) atoms. The lowest BCUT2D eigenvalue weighted by molar-refractivity contribution is 0.0184. The van der Waals surface area contributed by atoms with E-state index in [1.807, 2.05) is 0 Å². The maximum Gasteiger partial charge on any atom is 0.0712 e. The van der Waals surface area contributed by atoms with Crippen molar-refractivity contribution in [1.82, 2.24) is 5.32 Å². The van der Waals surface area contributed by atoms with Crippen LogP contribution in [-0.2, 0) is 4.74 Å². The molecule has 2 N–H and O–H groups in total. The minimum Gasteiger partial charge on any atom is -0.391 e. The van der Waals surface area contributed by atoms with E-state index >= 15 is 0 Å². The summed E-state index contributed by atoms with van der Waals surface area (Å²) < 4.78 is 5.37. The average molecular weight is 229 g/mol. The molecule has 1 heterocycles. The van der Waals surface area contributed by atoms with Gasteiger partial charge in [0.25, 0.3) is 0 Å². The minimum atomic E-state index is -0.282. The Kier molecular flexibility index (Phi) is 4.77. The first-order valence-electron chi connectivity index (χ1n) is 6.30. The maximum atomic E-state index is 9.91. The molecule has 3 nitrogen and oxygen atoms in total. The summed E-state index contributed by atoms with van der Waals surface area (Å²) in [5.74, 6) is 0. The fourth-order valence-electron chi connectivity index (χ4n) is 1.86. The number of rotatable bonds is 4. The van der Waals surface area contributed by atoms with Crippen molar-refractivity contribution in [2.75, 3.05) is 26.3 Å². The summed E-state index contributed by atoms with van der Waals surface area (Å²) >= 11 is 0. The quantitative estimate of drug-likeness (QED) is 0.772. The second kappa shape index (κ2) is 5.48. The third-order valence-corrected chi connectivity index (χ3v) is 3.59. The fraction of sp³-hybridized carbons (Fsp3) is 1.00. The lowest BCUT2D eigenvalue weighted by Crippen LogP contribution is -2.42. The Morgan fingerprint density at radius 1 is 1.31 bits per heavy atom. The van der Waals surface area contributed by atoms with Gasteiger partial charge in [0.05, 0.1) is 6.10 Å². The molecule has 0 spiro atoms. The topological polar surface area (TPSA) is 41.5 Å². The standard InChI is InChI=1S/C13H27NO2/c1-12(2,3)11(15)9-14-10-13(4)5-7-16-8-6-13/h11,14-15H,5-10H2,1-4H3. The highest BCUT2D eigenvalue weighted by molar-refractivity contribution is 4.81. The van der Waals surface area contributed by atoms with Crippen LogP contribution in [0.3, 0.4) is 0 Å². The Morgan fingerprint density at radius 2 is 1.88 bits per heavy atom. The van der Waals surface area contributed by atoms with Crippen molar-refractivity contribution in [2.24, 2.45) is 10.8 Å². The molecular weight excluding hydrogens is 202 g/mol. The van der Waals surface area contributed by atoms with E-state index in [9.17, 15) is 5.11 Å². The number of ether oxygens (including phenoxy) is 1. The smallest absolute Gasteiger partial charge is 0.0712 e. The van der Waals surface area contributed by atoms with Gasteiger partial charge < -0.3 is 15.2 Å². The molecule has 0 aromatic carbocycles. The van der Waals surface area contributed by atoms with Gasteiger partial charge in [0.1, 0.15) is 0 Å². The Bertz CT molecular complexity index is 204. The van der Waals surface area contributed by atoms with Crippen molar-refractivity contribution in [2.45, 2.75) is 46.6 Å². The normalized spacial score (nSPS) is 23.1. The molecule has 0 aromatic heterocycles. The lowest BCUT2D eigenvalue weighted by Gasteiger charge is -2.35. The molecular formula is C13H27NO2. The van der Waals surface area contributed by atoms with Crippen LogP contribution in [0.1, 0.15) is 40.5 Å². The van der Waals surface area contributed by atoms with Crippen molar-refractivity contribution < 1.29 is 9.84 Å². The van der Waals surface area contributed by atoms with E-state index in [2.05, 4.69) is 33.0 Å². The van der Waals surface area contributed by atoms with E-state index in [0.29, 0.717) is 12.0 Å². The Balaban J connectivity index is 2.24. The summed E-state index contributed by atoms with van der Waals surface area (Å²) in [4.78, 5) is 0. The van der Waals surface area contributed by atoms with E-state index in [1.54, 1.807) is 0 Å². The Hall–Kier alpha value is -0.120. The SMILES string of the molecule is CC1(CNCC(O)C(C)(C)C)CCOCC1. The summed E-state index contributed by atoms with van der Waals surface area (Å²) in [6, 6.07) is 0. The predicted octanol–water partition coefficient (Wildman–Crippen LogP) is 1.80. The molecule has 0 aliphatic carbocycles. The van der Waals surface area contributed by atoms with Crippen LogP contribution in [0.2, 0.25) is 0 Å². The average Bonchev–Trinajstić information content (AvgIpc) is 2.17. The number of aliphatic hydroxyl groups excluding tert-OH is 1. The zero-order valence-corrected chi connectivity index (χ0v) is 11.2. The number of nitrogens with one attached hydrogen (secondary N) is 1. The highest BCUT2D eigenvalue weighted by Gasteiger charge is 2.28. The summed E-state index contributed by atoms with van der Waals surface area (Å²) in [6.07, 6.45) is 1.95. The number of hydrogen-bond acceptors (Lipinski definition) is 3. The second-order valence-corrected chi connectivity index (χ2v) is 6.44. The largest absolute Gasteiger partial charge is 0.391 e. The molecule has 3 heteroatoms. The molecule has 0 saturated carbocycles. The van der Waals surface area contributed by atoms with Crippen LogP contribution in [0.4, 0.5) is 0 Å². The molecule has 1 unspecified atom stereocenters. The van der Waals surface area contributed by atoms with Gasteiger partial charge in [0.15, 0.2) is 0 Å². The van der Waals surface area contributed by atoms with E-state index in [0.717, 1.165) is 32.6 Å². The molecule has 0 bridgehead atoms. The van der Waals surface area contributed by atoms with Crippen LogP contribution in [0.15, 0.2) is 0 Å². The van der Waals surface area contributed by atoms with Gasteiger partial charge >= 0.3 is 0 Å². The molecule has 1 fully saturated rings. The molecule has 1 aliphatic heterocycles. The van der Waals surface area contributed by atoms with Gasteiger partial charge in [0, 0.05) is 26.3 Å². The lowest BCUT2D eigenvalue weighted by atomic mass is 9.82. The first-order valence-corrected chi connectivity index (χ1v) is 6.30. The fourth-order valence-corrected chi connectivity index (χ4v) is 1.86. The maximum absolute atomic E-state index is 9.91. The first-order chi connectivity index (χ1) is 7.33. The minimum absolute atomic E-state index is 0.0381. The molecule has 1 rings (SSSR count). The van der Waals surface area contributed by atoms with E-state index in [1.165, 1.54) is 0 Å². The Labute approximate surface area is 99.6 Å².